The third-order valence-electron chi connectivity index (χ3n) is 1.95. The third-order valence-corrected chi connectivity index (χ3v) is 1.95. The van der Waals surface area contributed by atoms with Crippen LogP contribution in [-0.4, -0.2) is 12.0 Å². The minimum absolute atomic E-state index is 0.286. The number of rotatable bonds is 2. The molecular formula is C10H8F4O. The molecule has 0 saturated heterocycles. The lowest BCUT2D eigenvalue weighted by Crippen LogP contribution is -2.22. The smallest absolute Gasteiger partial charge is 0.284 e. The summed E-state index contributed by atoms with van der Waals surface area (Å²) in [5.74, 6) is -2.81. The Balaban J connectivity index is 3.08. The van der Waals surface area contributed by atoms with Crippen LogP contribution >= 0.6 is 0 Å². The molecule has 0 bridgehead atoms. The van der Waals surface area contributed by atoms with Crippen molar-refractivity contribution in [3.8, 4) is 0 Å². The summed E-state index contributed by atoms with van der Waals surface area (Å²) in [6.07, 6.45) is -4.59. The van der Waals surface area contributed by atoms with Crippen LogP contribution in [0, 0.1) is 5.82 Å². The van der Waals surface area contributed by atoms with Gasteiger partial charge in [-0.15, -0.1) is 0 Å². The van der Waals surface area contributed by atoms with Gasteiger partial charge in [0.1, 0.15) is 5.82 Å². The molecule has 0 aliphatic carbocycles. The van der Waals surface area contributed by atoms with E-state index in [0.717, 1.165) is 6.07 Å². The number of ketones is 1. The lowest BCUT2D eigenvalue weighted by Gasteiger charge is -2.06. The van der Waals surface area contributed by atoms with Crippen LogP contribution < -0.4 is 0 Å². The SMILES string of the molecule is CCc1ccc(C(=O)C(F)(F)F)cc1F. The van der Waals surface area contributed by atoms with Crippen LogP contribution in [0.4, 0.5) is 17.6 Å². The Morgan fingerprint density at radius 3 is 2.33 bits per heavy atom. The summed E-state index contributed by atoms with van der Waals surface area (Å²) in [6, 6.07) is 2.79. The van der Waals surface area contributed by atoms with Crippen LogP contribution in [0.25, 0.3) is 0 Å². The maximum Gasteiger partial charge on any atom is 0.454 e. The van der Waals surface area contributed by atoms with Gasteiger partial charge in [-0.1, -0.05) is 19.1 Å². The summed E-state index contributed by atoms with van der Waals surface area (Å²) in [7, 11) is 0. The maximum absolute atomic E-state index is 13.1. The van der Waals surface area contributed by atoms with Crippen molar-refractivity contribution in [2.24, 2.45) is 0 Å². The van der Waals surface area contributed by atoms with Gasteiger partial charge in [-0.3, -0.25) is 4.79 Å². The van der Waals surface area contributed by atoms with Crippen LogP contribution in [0.2, 0.25) is 0 Å². The molecule has 82 valence electrons. The van der Waals surface area contributed by atoms with Gasteiger partial charge in [0.05, 0.1) is 0 Å². The number of carbonyl (C=O) groups is 1. The molecule has 0 N–H and O–H groups in total. The van der Waals surface area contributed by atoms with Crippen LogP contribution in [-0.2, 0) is 6.42 Å². The van der Waals surface area contributed by atoms with E-state index in [1.807, 2.05) is 0 Å². The Bertz CT molecular complexity index is 381. The molecule has 0 heterocycles. The van der Waals surface area contributed by atoms with Gasteiger partial charge in [0.15, 0.2) is 0 Å². The van der Waals surface area contributed by atoms with Crippen molar-refractivity contribution in [2.75, 3.05) is 0 Å². The minimum Gasteiger partial charge on any atom is -0.284 e. The summed E-state index contributed by atoms with van der Waals surface area (Å²) in [6.45, 7) is 1.67. The van der Waals surface area contributed by atoms with Crippen molar-refractivity contribution in [1.82, 2.24) is 0 Å². The zero-order chi connectivity index (χ0) is 11.6. The Kier molecular flexibility index (Phi) is 3.12. The molecule has 0 aromatic heterocycles. The van der Waals surface area contributed by atoms with Gasteiger partial charge < -0.3 is 0 Å². The van der Waals surface area contributed by atoms with E-state index < -0.39 is 23.3 Å². The monoisotopic (exact) mass is 220 g/mol. The number of hydrogen-bond donors (Lipinski definition) is 0. The van der Waals surface area contributed by atoms with E-state index in [2.05, 4.69) is 0 Å². The second-order valence-corrected chi connectivity index (χ2v) is 2.99. The summed E-state index contributed by atoms with van der Waals surface area (Å²) >= 11 is 0. The van der Waals surface area contributed by atoms with Crippen molar-refractivity contribution < 1.29 is 22.4 Å². The van der Waals surface area contributed by atoms with Gasteiger partial charge >= 0.3 is 6.18 Å². The van der Waals surface area contributed by atoms with Crippen LogP contribution in [0.5, 0.6) is 0 Å². The molecule has 1 nitrogen and oxygen atoms in total. The highest BCUT2D eigenvalue weighted by Gasteiger charge is 2.39. The first-order valence-electron chi connectivity index (χ1n) is 4.26. The summed E-state index contributed by atoms with van der Waals surface area (Å²) in [5, 5.41) is 0. The largest absolute Gasteiger partial charge is 0.454 e. The Morgan fingerprint density at radius 1 is 1.33 bits per heavy atom. The Morgan fingerprint density at radius 2 is 1.93 bits per heavy atom. The van der Waals surface area contributed by atoms with E-state index in [1.54, 1.807) is 6.92 Å². The van der Waals surface area contributed by atoms with E-state index in [0.29, 0.717) is 12.5 Å². The molecule has 1 aromatic rings. The standard InChI is InChI=1S/C10H8F4O/c1-2-6-3-4-7(5-8(6)11)9(15)10(12,13)14/h3-5H,2H2,1H3. The highest BCUT2D eigenvalue weighted by molar-refractivity contribution is 6.00. The number of benzene rings is 1. The quantitative estimate of drug-likeness (QED) is 0.552. The van der Waals surface area contributed by atoms with Crippen LogP contribution in [0.1, 0.15) is 22.8 Å². The van der Waals surface area contributed by atoms with Gasteiger partial charge in [-0.25, -0.2) is 4.39 Å². The lowest BCUT2D eigenvalue weighted by molar-refractivity contribution is -0.0885. The minimum atomic E-state index is -4.96. The highest BCUT2D eigenvalue weighted by Crippen LogP contribution is 2.22. The molecule has 1 rings (SSSR count). The first-order valence-corrected chi connectivity index (χ1v) is 4.26. The van der Waals surface area contributed by atoms with E-state index in [9.17, 15) is 22.4 Å². The molecular weight excluding hydrogens is 212 g/mol. The molecule has 0 atom stereocenters. The van der Waals surface area contributed by atoms with Crippen molar-refractivity contribution >= 4 is 5.78 Å². The second-order valence-electron chi connectivity index (χ2n) is 2.99. The first-order chi connectivity index (χ1) is 6.86. The molecule has 0 spiro atoms. The third kappa shape index (κ3) is 2.55. The molecule has 0 fully saturated rings. The molecule has 0 unspecified atom stereocenters. The fraction of sp³-hybridized carbons (Fsp3) is 0.300. The van der Waals surface area contributed by atoms with Gasteiger partial charge in [0.25, 0.3) is 5.78 Å². The Hall–Kier alpha value is -1.39. The number of alkyl halides is 3. The topological polar surface area (TPSA) is 17.1 Å². The summed E-state index contributed by atoms with van der Waals surface area (Å²) in [4.78, 5) is 10.7. The first kappa shape index (κ1) is 11.7. The fourth-order valence-electron chi connectivity index (χ4n) is 1.14. The van der Waals surface area contributed by atoms with Crippen molar-refractivity contribution in [3.05, 3.63) is 35.1 Å². The molecule has 0 aliphatic rings. The van der Waals surface area contributed by atoms with E-state index in [4.69, 9.17) is 0 Å². The second kappa shape index (κ2) is 4.00. The summed E-state index contributed by atoms with van der Waals surface area (Å²) < 4.78 is 49.0. The van der Waals surface area contributed by atoms with Gasteiger partial charge in [0, 0.05) is 5.56 Å². The van der Waals surface area contributed by atoms with E-state index in [1.165, 1.54) is 6.07 Å². The lowest BCUT2D eigenvalue weighted by atomic mass is 10.1. The molecule has 0 amide bonds. The number of hydrogen-bond acceptors (Lipinski definition) is 1. The van der Waals surface area contributed by atoms with Crippen LogP contribution in [0.3, 0.4) is 0 Å². The summed E-state index contributed by atoms with van der Waals surface area (Å²) in [5.41, 5.74) is -0.383. The van der Waals surface area contributed by atoms with E-state index in [-0.39, 0.29) is 5.56 Å². The predicted octanol–water partition coefficient (Wildman–Crippen LogP) is 3.13. The highest BCUT2D eigenvalue weighted by atomic mass is 19.4. The zero-order valence-electron chi connectivity index (χ0n) is 7.86. The van der Waals surface area contributed by atoms with E-state index >= 15 is 0 Å². The normalized spacial score (nSPS) is 11.5. The van der Waals surface area contributed by atoms with Gasteiger partial charge in [-0.2, -0.15) is 13.2 Å². The van der Waals surface area contributed by atoms with Crippen molar-refractivity contribution in [2.45, 2.75) is 19.5 Å². The van der Waals surface area contributed by atoms with Gasteiger partial charge in [-0.05, 0) is 18.1 Å². The fourth-order valence-corrected chi connectivity index (χ4v) is 1.14. The molecule has 5 heteroatoms. The maximum atomic E-state index is 13.1. The predicted molar refractivity (Wildman–Crippen MR) is 46.2 cm³/mol. The number of aryl methyl sites for hydroxylation is 1. The van der Waals surface area contributed by atoms with Crippen molar-refractivity contribution in [3.63, 3.8) is 0 Å². The average Bonchev–Trinajstić information content (AvgIpc) is 2.15. The van der Waals surface area contributed by atoms with Crippen molar-refractivity contribution in [1.29, 1.82) is 0 Å². The molecule has 0 saturated carbocycles. The molecule has 0 aliphatic heterocycles. The average molecular weight is 220 g/mol. The molecule has 15 heavy (non-hydrogen) atoms. The van der Waals surface area contributed by atoms with Gasteiger partial charge in [0.2, 0.25) is 0 Å². The molecule has 0 radical (unpaired) electrons. The number of halogens is 4. The zero-order valence-corrected chi connectivity index (χ0v) is 7.86. The number of Topliss-reactive ketones (excluding diaryl/α,β-unsaturated/α-hetero) is 1. The Labute approximate surface area is 83.7 Å². The molecule has 1 aromatic carbocycles. The number of carbonyl (C=O) groups excluding carboxylic acids is 1. The van der Waals surface area contributed by atoms with Crippen LogP contribution in [0.15, 0.2) is 18.2 Å².